The van der Waals surface area contributed by atoms with Gasteiger partial charge in [0.05, 0.1) is 10.9 Å². The van der Waals surface area contributed by atoms with Crippen LogP contribution in [0.5, 0.6) is 11.5 Å². The Bertz CT molecular complexity index is 795. The molecule has 0 aliphatic rings. The van der Waals surface area contributed by atoms with Crippen molar-refractivity contribution in [3.05, 3.63) is 60.1 Å². The maximum absolute atomic E-state index is 12.4. The number of anilines is 1. The number of amides is 1. The van der Waals surface area contributed by atoms with Crippen molar-refractivity contribution in [2.75, 3.05) is 5.32 Å². The highest BCUT2D eigenvalue weighted by Gasteiger charge is 2.17. The molecule has 7 heteroatoms. The number of para-hydroxylation sites is 3. The molecule has 1 heterocycles. The number of hydrogen-bond acceptors (Lipinski definition) is 6. The van der Waals surface area contributed by atoms with E-state index in [-0.39, 0.29) is 11.2 Å². The summed E-state index contributed by atoms with van der Waals surface area (Å²) in [6.45, 7) is 1.84. The summed E-state index contributed by atoms with van der Waals surface area (Å²) in [5, 5.41) is 10.3. The predicted octanol–water partition coefficient (Wildman–Crippen LogP) is 4.45. The SMILES string of the molecule is CC(Sc1nncs1)C(=O)Nc1ccccc1Oc1ccccc1. The van der Waals surface area contributed by atoms with Gasteiger partial charge in [0.1, 0.15) is 11.3 Å². The van der Waals surface area contributed by atoms with Crippen LogP contribution in [0.1, 0.15) is 6.92 Å². The van der Waals surface area contributed by atoms with Gasteiger partial charge in [-0.1, -0.05) is 53.4 Å². The highest BCUT2D eigenvalue weighted by molar-refractivity contribution is 8.02. The largest absolute Gasteiger partial charge is 0.455 e. The number of aromatic nitrogens is 2. The monoisotopic (exact) mass is 357 g/mol. The number of rotatable bonds is 6. The number of nitrogens with one attached hydrogen (secondary N) is 1. The molecule has 0 bridgehead atoms. The van der Waals surface area contributed by atoms with Crippen LogP contribution < -0.4 is 10.1 Å². The van der Waals surface area contributed by atoms with Crippen molar-refractivity contribution in [2.24, 2.45) is 0 Å². The van der Waals surface area contributed by atoms with Gasteiger partial charge in [-0.3, -0.25) is 4.79 Å². The van der Waals surface area contributed by atoms with Crippen molar-refractivity contribution >= 4 is 34.7 Å². The Kier molecular flexibility index (Phi) is 5.45. The summed E-state index contributed by atoms with van der Waals surface area (Å²) in [6.07, 6.45) is 0. The topological polar surface area (TPSA) is 64.1 Å². The van der Waals surface area contributed by atoms with Gasteiger partial charge in [-0.2, -0.15) is 0 Å². The molecule has 2 aromatic carbocycles. The molecule has 122 valence electrons. The van der Waals surface area contributed by atoms with E-state index in [4.69, 9.17) is 4.74 Å². The smallest absolute Gasteiger partial charge is 0.237 e. The molecule has 24 heavy (non-hydrogen) atoms. The van der Waals surface area contributed by atoms with Crippen molar-refractivity contribution in [3.8, 4) is 11.5 Å². The highest BCUT2D eigenvalue weighted by Crippen LogP contribution is 2.30. The number of hydrogen-bond donors (Lipinski definition) is 1. The average Bonchev–Trinajstić information content (AvgIpc) is 3.10. The molecule has 0 radical (unpaired) electrons. The summed E-state index contributed by atoms with van der Waals surface area (Å²) in [4.78, 5) is 12.4. The molecule has 0 saturated carbocycles. The van der Waals surface area contributed by atoms with Gasteiger partial charge in [-0.15, -0.1) is 10.2 Å². The van der Waals surface area contributed by atoms with E-state index in [9.17, 15) is 4.79 Å². The molecule has 0 aliphatic heterocycles. The van der Waals surface area contributed by atoms with Gasteiger partial charge >= 0.3 is 0 Å². The Hall–Kier alpha value is -2.38. The molecule has 0 spiro atoms. The number of nitrogens with zero attached hydrogens (tertiary/aromatic N) is 2. The number of carbonyl (C=O) groups is 1. The van der Waals surface area contributed by atoms with Crippen molar-refractivity contribution < 1.29 is 9.53 Å². The van der Waals surface area contributed by atoms with E-state index in [1.54, 1.807) is 5.51 Å². The van der Waals surface area contributed by atoms with Crippen molar-refractivity contribution in [2.45, 2.75) is 16.5 Å². The second kappa shape index (κ2) is 7.94. The van der Waals surface area contributed by atoms with Crippen molar-refractivity contribution in [1.82, 2.24) is 10.2 Å². The van der Waals surface area contributed by atoms with Crippen LogP contribution in [0.25, 0.3) is 0 Å². The fraction of sp³-hybridized carbons (Fsp3) is 0.118. The Labute approximate surface area is 148 Å². The summed E-state index contributed by atoms with van der Waals surface area (Å²) >= 11 is 2.80. The fourth-order valence-electron chi connectivity index (χ4n) is 1.93. The number of ether oxygens (including phenoxy) is 1. The molecule has 0 fully saturated rings. The maximum atomic E-state index is 12.4. The van der Waals surface area contributed by atoms with Gasteiger partial charge in [-0.25, -0.2) is 0 Å². The van der Waals surface area contributed by atoms with Crippen LogP contribution in [0, 0.1) is 0 Å². The van der Waals surface area contributed by atoms with Gasteiger partial charge in [-0.05, 0) is 31.2 Å². The molecule has 1 atom stereocenters. The molecule has 1 N–H and O–H groups in total. The van der Waals surface area contributed by atoms with Crippen molar-refractivity contribution in [3.63, 3.8) is 0 Å². The van der Waals surface area contributed by atoms with Gasteiger partial charge in [0.25, 0.3) is 0 Å². The van der Waals surface area contributed by atoms with Gasteiger partial charge < -0.3 is 10.1 Å². The van der Waals surface area contributed by atoms with Crippen LogP contribution in [0.4, 0.5) is 5.69 Å². The van der Waals surface area contributed by atoms with E-state index < -0.39 is 0 Å². The van der Waals surface area contributed by atoms with Crippen LogP contribution in [-0.2, 0) is 4.79 Å². The third-order valence-corrected chi connectivity index (χ3v) is 5.01. The lowest BCUT2D eigenvalue weighted by Crippen LogP contribution is -2.22. The third kappa shape index (κ3) is 4.33. The number of thioether (sulfide) groups is 1. The summed E-state index contributed by atoms with van der Waals surface area (Å²) in [6, 6.07) is 16.8. The highest BCUT2D eigenvalue weighted by atomic mass is 32.2. The molecular weight excluding hydrogens is 342 g/mol. The minimum atomic E-state index is -0.289. The van der Waals surface area contributed by atoms with Crippen molar-refractivity contribution in [1.29, 1.82) is 0 Å². The molecule has 3 rings (SSSR count). The van der Waals surface area contributed by atoms with Crippen LogP contribution in [0.15, 0.2) is 64.4 Å². The summed E-state index contributed by atoms with van der Waals surface area (Å²) in [7, 11) is 0. The zero-order valence-electron chi connectivity index (χ0n) is 12.9. The quantitative estimate of drug-likeness (QED) is 0.660. The zero-order chi connectivity index (χ0) is 16.8. The van der Waals surface area contributed by atoms with E-state index in [0.29, 0.717) is 11.4 Å². The molecule has 1 amide bonds. The van der Waals surface area contributed by atoms with E-state index >= 15 is 0 Å². The Morgan fingerprint density at radius 1 is 1.17 bits per heavy atom. The third-order valence-electron chi connectivity index (χ3n) is 3.10. The van der Waals surface area contributed by atoms with Gasteiger partial charge in [0.15, 0.2) is 10.1 Å². The van der Waals surface area contributed by atoms with Crippen LogP contribution in [0.2, 0.25) is 0 Å². The lowest BCUT2D eigenvalue weighted by atomic mass is 10.2. The molecule has 3 aromatic rings. The van der Waals surface area contributed by atoms with E-state index in [1.807, 2.05) is 61.5 Å². The molecule has 1 unspecified atom stereocenters. The first-order valence-corrected chi connectivity index (χ1v) is 9.04. The Morgan fingerprint density at radius 3 is 2.67 bits per heavy atom. The molecule has 0 aliphatic carbocycles. The van der Waals surface area contributed by atoms with E-state index in [0.717, 1.165) is 10.1 Å². The van der Waals surface area contributed by atoms with Crippen LogP contribution in [0.3, 0.4) is 0 Å². The fourth-order valence-corrected chi connectivity index (χ4v) is 3.55. The number of carbonyl (C=O) groups excluding carboxylic acids is 1. The zero-order valence-corrected chi connectivity index (χ0v) is 14.5. The first kappa shape index (κ1) is 16.5. The summed E-state index contributed by atoms with van der Waals surface area (Å²) < 4.78 is 6.62. The minimum Gasteiger partial charge on any atom is -0.455 e. The summed E-state index contributed by atoms with van der Waals surface area (Å²) in [5.41, 5.74) is 2.28. The van der Waals surface area contributed by atoms with E-state index in [2.05, 4.69) is 15.5 Å². The standard InChI is InChI=1S/C17H15N3O2S2/c1-12(24-17-20-18-11-23-17)16(21)19-14-9-5-6-10-15(14)22-13-7-3-2-4-8-13/h2-12H,1H3,(H,19,21). The first-order chi connectivity index (χ1) is 11.7. The predicted molar refractivity (Wildman–Crippen MR) is 96.8 cm³/mol. The van der Waals surface area contributed by atoms with E-state index in [1.165, 1.54) is 23.1 Å². The molecule has 0 saturated heterocycles. The lowest BCUT2D eigenvalue weighted by molar-refractivity contribution is -0.115. The Morgan fingerprint density at radius 2 is 1.92 bits per heavy atom. The maximum Gasteiger partial charge on any atom is 0.237 e. The van der Waals surface area contributed by atoms with Crippen LogP contribution >= 0.6 is 23.1 Å². The molecule has 5 nitrogen and oxygen atoms in total. The number of benzene rings is 2. The lowest BCUT2D eigenvalue weighted by Gasteiger charge is -2.14. The normalized spacial score (nSPS) is 11.7. The molecule has 1 aromatic heterocycles. The first-order valence-electron chi connectivity index (χ1n) is 7.28. The van der Waals surface area contributed by atoms with Gasteiger partial charge in [0, 0.05) is 0 Å². The second-order valence-corrected chi connectivity index (χ2v) is 7.29. The average molecular weight is 357 g/mol. The Balaban J connectivity index is 1.69. The van der Waals surface area contributed by atoms with Gasteiger partial charge in [0.2, 0.25) is 5.91 Å². The molecular formula is C17H15N3O2S2. The minimum absolute atomic E-state index is 0.112. The van der Waals surface area contributed by atoms with Crippen LogP contribution in [-0.4, -0.2) is 21.4 Å². The second-order valence-electron chi connectivity index (χ2n) is 4.87. The summed E-state index contributed by atoms with van der Waals surface area (Å²) in [5.74, 6) is 1.21.